The molecule has 2 heterocycles. The van der Waals surface area contributed by atoms with Gasteiger partial charge in [0.2, 0.25) is 5.91 Å². The zero-order valence-corrected chi connectivity index (χ0v) is 15.5. The molecule has 0 aromatic carbocycles. The maximum absolute atomic E-state index is 12.5. The normalized spacial score (nSPS) is 18.0. The fraction of sp³-hybridized carbons (Fsp3) is 0.526. The van der Waals surface area contributed by atoms with Crippen LogP contribution in [0.3, 0.4) is 0 Å². The summed E-state index contributed by atoms with van der Waals surface area (Å²) in [6.45, 7) is 12.6. The van der Waals surface area contributed by atoms with Crippen molar-refractivity contribution in [1.82, 2.24) is 14.8 Å². The molecule has 1 aliphatic heterocycles. The van der Waals surface area contributed by atoms with Crippen LogP contribution in [-0.2, 0) is 16.0 Å². The third kappa shape index (κ3) is 5.31. The molecule has 0 N–H and O–H groups in total. The van der Waals surface area contributed by atoms with E-state index in [0.29, 0.717) is 19.6 Å². The fourth-order valence-corrected chi connectivity index (χ4v) is 2.70. The van der Waals surface area contributed by atoms with E-state index in [1.807, 2.05) is 39.8 Å². The lowest BCUT2D eigenvalue weighted by Crippen LogP contribution is -2.56. The summed E-state index contributed by atoms with van der Waals surface area (Å²) in [5.41, 5.74) is 1.14. The van der Waals surface area contributed by atoms with Gasteiger partial charge in [-0.05, 0) is 39.3 Å². The molecular weight excluding hydrogens is 318 g/mol. The first-order chi connectivity index (χ1) is 11.7. The Balaban J connectivity index is 1.91. The number of hydrogen-bond acceptors (Lipinski definition) is 4. The number of ether oxygens (including phenoxy) is 1. The van der Waals surface area contributed by atoms with E-state index in [1.165, 1.54) is 0 Å². The van der Waals surface area contributed by atoms with Crippen molar-refractivity contribution in [2.45, 2.75) is 45.8 Å². The third-order valence-corrected chi connectivity index (χ3v) is 4.02. The molecule has 1 unspecified atom stereocenters. The van der Waals surface area contributed by atoms with E-state index in [-0.39, 0.29) is 24.5 Å². The molecule has 1 saturated heterocycles. The number of piperazine rings is 1. The standard InChI is InChI=1S/C19H27N3O3/c1-6-15-7-8-16(20-12-15)11-17(23)21-9-10-22(14(2)13-21)18(24)25-19(3,4)5/h6-8,12,14H,1,9-11,13H2,2-5H3. The van der Waals surface area contributed by atoms with Gasteiger partial charge in [-0.1, -0.05) is 18.7 Å². The monoisotopic (exact) mass is 345 g/mol. The molecule has 0 saturated carbocycles. The van der Waals surface area contributed by atoms with Crippen LogP contribution >= 0.6 is 0 Å². The number of rotatable bonds is 3. The minimum absolute atomic E-state index is 0.0227. The highest BCUT2D eigenvalue weighted by atomic mass is 16.6. The molecule has 1 atom stereocenters. The second-order valence-corrected chi connectivity index (χ2v) is 7.33. The van der Waals surface area contributed by atoms with Crippen molar-refractivity contribution in [3.8, 4) is 0 Å². The highest BCUT2D eigenvalue weighted by Crippen LogP contribution is 2.16. The first kappa shape index (κ1) is 19.0. The molecule has 1 fully saturated rings. The summed E-state index contributed by atoms with van der Waals surface area (Å²) in [7, 11) is 0. The average molecular weight is 345 g/mol. The van der Waals surface area contributed by atoms with Gasteiger partial charge in [0.15, 0.2) is 0 Å². The number of amides is 2. The Kier molecular flexibility index (Phi) is 5.82. The Labute approximate surface area is 149 Å². The molecule has 2 rings (SSSR count). The highest BCUT2D eigenvalue weighted by Gasteiger charge is 2.32. The zero-order chi connectivity index (χ0) is 18.6. The Morgan fingerprint density at radius 3 is 2.60 bits per heavy atom. The van der Waals surface area contributed by atoms with Gasteiger partial charge in [-0.2, -0.15) is 0 Å². The summed E-state index contributed by atoms with van der Waals surface area (Å²) < 4.78 is 5.43. The Morgan fingerprint density at radius 2 is 2.08 bits per heavy atom. The lowest BCUT2D eigenvalue weighted by Gasteiger charge is -2.40. The van der Waals surface area contributed by atoms with Crippen LogP contribution < -0.4 is 0 Å². The van der Waals surface area contributed by atoms with E-state index in [9.17, 15) is 9.59 Å². The van der Waals surface area contributed by atoms with Gasteiger partial charge in [0.05, 0.1) is 6.42 Å². The van der Waals surface area contributed by atoms with E-state index in [0.717, 1.165) is 11.3 Å². The largest absolute Gasteiger partial charge is 0.444 e. The fourth-order valence-electron chi connectivity index (χ4n) is 2.70. The maximum Gasteiger partial charge on any atom is 0.410 e. The van der Waals surface area contributed by atoms with Crippen molar-refractivity contribution in [3.05, 3.63) is 36.2 Å². The van der Waals surface area contributed by atoms with Crippen molar-refractivity contribution in [2.75, 3.05) is 19.6 Å². The Morgan fingerprint density at radius 1 is 1.36 bits per heavy atom. The van der Waals surface area contributed by atoms with Crippen molar-refractivity contribution >= 4 is 18.1 Å². The van der Waals surface area contributed by atoms with Crippen LogP contribution in [0.5, 0.6) is 0 Å². The second-order valence-electron chi connectivity index (χ2n) is 7.33. The minimum Gasteiger partial charge on any atom is -0.444 e. The van der Waals surface area contributed by atoms with E-state index in [2.05, 4.69) is 11.6 Å². The predicted octanol–water partition coefficient (Wildman–Crippen LogP) is 2.73. The second kappa shape index (κ2) is 7.68. The minimum atomic E-state index is -0.521. The van der Waals surface area contributed by atoms with Crippen LogP contribution in [0.15, 0.2) is 24.9 Å². The molecule has 2 amide bonds. The zero-order valence-electron chi connectivity index (χ0n) is 15.5. The van der Waals surface area contributed by atoms with E-state index < -0.39 is 5.60 Å². The van der Waals surface area contributed by atoms with E-state index >= 15 is 0 Å². The van der Waals surface area contributed by atoms with Gasteiger partial charge in [-0.25, -0.2) is 4.79 Å². The number of hydrogen-bond donors (Lipinski definition) is 0. The lowest BCUT2D eigenvalue weighted by molar-refractivity contribution is -0.133. The van der Waals surface area contributed by atoms with Crippen molar-refractivity contribution in [3.63, 3.8) is 0 Å². The Bertz CT molecular complexity index is 634. The SMILES string of the molecule is C=Cc1ccc(CC(=O)N2CCN(C(=O)OC(C)(C)C)C(C)C2)nc1. The predicted molar refractivity (Wildman–Crippen MR) is 97.0 cm³/mol. The summed E-state index contributed by atoms with van der Waals surface area (Å²) in [5, 5.41) is 0. The highest BCUT2D eigenvalue weighted by molar-refractivity contribution is 5.79. The smallest absolute Gasteiger partial charge is 0.410 e. The van der Waals surface area contributed by atoms with Crippen LogP contribution in [0, 0.1) is 0 Å². The van der Waals surface area contributed by atoms with E-state index in [4.69, 9.17) is 4.74 Å². The Hall–Kier alpha value is -2.37. The van der Waals surface area contributed by atoms with Crippen molar-refractivity contribution < 1.29 is 14.3 Å². The molecule has 25 heavy (non-hydrogen) atoms. The summed E-state index contributed by atoms with van der Waals surface area (Å²) in [6, 6.07) is 3.66. The molecule has 136 valence electrons. The first-order valence-electron chi connectivity index (χ1n) is 8.54. The van der Waals surface area contributed by atoms with Crippen LogP contribution in [0.1, 0.15) is 39.0 Å². The van der Waals surface area contributed by atoms with Crippen molar-refractivity contribution in [2.24, 2.45) is 0 Å². The number of aromatic nitrogens is 1. The molecule has 1 aromatic rings. The molecule has 6 heteroatoms. The van der Waals surface area contributed by atoms with Crippen LogP contribution in [0.2, 0.25) is 0 Å². The van der Waals surface area contributed by atoms with Gasteiger partial charge in [0.25, 0.3) is 0 Å². The van der Waals surface area contributed by atoms with Gasteiger partial charge < -0.3 is 14.5 Å². The van der Waals surface area contributed by atoms with E-state index in [1.54, 1.807) is 22.1 Å². The number of carbonyl (C=O) groups is 2. The van der Waals surface area contributed by atoms with Gasteiger partial charge in [-0.3, -0.25) is 9.78 Å². The lowest BCUT2D eigenvalue weighted by atomic mass is 10.1. The molecule has 1 aromatic heterocycles. The first-order valence-corrected chi connectivity index (χ1v) is 8.54. The van der Waals surface area contributed by atoms with Gasteiger partial charge in [-0.15, -0.1) is 0 Å². The van der Waals surface area contributed by atoms with Gasteiger partial charge in [0, 0.05) is 37.6 Å². The quantitative estimate of drug-likeness (QED) is 0.845. The molecule has 6 nitrogen and oxygen atoms in total. The van der Waals surface area contributed by atoms with Gasteiger partial charge in [0.1, 0.15) is 5.60 Å². The molecular formula is C19H27N3O3. The number of nitrogens with zero attached hydrogens (tertiary/aromatic N) is 3. The maximum atomic E-state index is 12.5. The molecule has 0 bridgehead atoms. The van der Waals surface area contributed by atoms with Crippen LogP contribution in [0.25, 0.3) is 6.08 Å². The van der Waals surface area contributed by atoms with Crippen molar-refractivity contribution in [1.29, 1.82) is 0 Å². The number of carbonyl (C=O) groups excluding carboxylic acids is 2. The number of pyridine rings is 1. The molecule has 0 radical (unpaired) electrons. The summed E-state index contributed by atoms with van der Waals surface area (Å²) in [4.78, 5) is 32.5. The van der Waals surface area contributed by atoms with Gasteiger partial charge >= 0.3 is 6.09 Å². The third-order valence-electron chi connectivity index (χ3n) is 4.02. The topological polar surface area (TPSA) is 62.7 Å². The molecule has 0 aliphatic carbocycles. The summed E-state index contributed by atoms with van der Waals surface area (Å²) >= 11 is 0. The summed E-state index contributed by atoms with van der Waals surface area (Å²) in [6.07, 6.45) is 3.36. The van der Waals surface area contributed by atoms with Crippen LogP contribution in [-0.4, -0.2) is 58.1 Å². The molecule has 0 spiro atoms. The van der Waals surface area contributed by atoms with Crippen LogP contribution in [0.4, 0.5) is 4.79 Å². The molecule has 1 aliphatic rings. The average Bonchev–Trinajstić information content (AvgIpc) is 2.53. The summed E-state index contributed by atoms with van der Waals surface area (Å²) in [5.74, 6) is 0.0227.